The van der Waals surface area contributed by atoms with Gasteiger partial charge in [0.1, 0.15) is 4.88 Å². The Bertz CT molecular complexity index is 328. The Morgan fingerprint density at radius 3 is 3.00 bits per heavy atom. The summed E-state index contributed by atoms with van der Waals surface area (Å²) in [5.41, 5.74) is 0. The Labute approximate surface area is 108 Å². The van der Waals surface area contributed by atoms with Crippen LogP contribution >= 0.6 is 27.3 Å². The van der Waals surface area contributed by atoms with Crippen molar-refractivity contribution in [1.82, 2.24) is 5.32 Å². The largest absolute Gasteiger partial charge is 0.380 e. The van der Waals surface area contributed by atoms with Gasteiger partial charge in [-0.3, -0.25) is 4.79 Å². The number of ether oxygens (including phenoxy) is 1. The maximum atomic E-state index is 11.6. The van der Waals surface area contributed by atoms with Crippen LogP contribution in [0.4, 0.5) is 0 Å². The van der Waals surface area contributed by atoms with E-state index in [1.807, 2.05) is 11.4 Å². The Morgan fingerprint density at radius 2 is 2.38 bits per heavy atom. The number of halogens is 1. The van der Waals surface area contributed by atoms with Crippen LogP contribution in [0, 0.1) is 0 Å². The Kier molecular flexibility index (Phi) is 6.68. The van der Waals surface area contributed by atoms with Crippen LogP contribution in [0.1, 0.15) is 29.4 Å². The molecule has 1 N–H and O–H groups in total. The molecule has 5 heteroatoms. The van der Waals surface area contributed by atoms with Gasteiger partial charge in [-0.2, -0.15) is 0 Å². The molecule has 3 nitrogen and oxygen atoms in total. The lowest BCUT2D eigenvalue weighted by atomic mass is 10.4. The van der Waals surface area contributed by atoms with Gasteiger partial charge < -0.3 is 10.1 Å². The van der Waals surface area contributed by atoms with Crippen molar-refractivity contribution in [2.45, 2.75) is 19.8 Å². The molecule has 0 atom stereocenters. The summed E-state index contributed by atoms with van der Waals surface area (Å²) >= 11 is 4.76. The van der Waals surface area contributed by atoms with E-state index in [0.717, 1.165) is 23.9 Å². The highest BCUT2D eigenvalue weighted by Gasteiger charge is 2.09. The van der Waals surface area contributed by atoms with Gasteiger partial charge in [0.25, 0.3) is 5.91 Å². The lowest BCUT2D eigenvalue weighted by Crippen LogP contribution is -2.26. The van der Waals surface area contributed by atoms with E-state index in [1.54, 1.807) is 0 Å². The molecule has 0 bridgehead atoms. The van der Waals surface area contributed by atoms with Crippen LogP contribution in [0.25, 0.3) is 0 Å². The molecule has 1 amide bonds. The third-order valence-corrected chi connectivity index (χ3v) is 3.83. The predicted molar refractivity (Wildman–Crippen MR) is 70.1 cm³/mol. The SMILES string of the molecule is CCCCOCCNC(=O)c1sccc1Br. The third kappa shape index (κ3) is 4.63. The number of unbranched alkanes of at least 4 members (excludes halogenated alkanes) is 1. The van der Waals surface area contributed by atoms with E-state index in [-0.39, 0.29) is 5.91 Å². The van der Waals surface area contributed by atoms with Crippen molar-refractivity contribution < 1.29 is 9.53 Å². The van der Waals surface area contributed by atoms with Gasteiger partial charge in [-0.15, -0.1) is 11.3 Å². The zero-order valence-electron chi connectivity index (χ0n) is 9.29. The highest BCUT2D eigenvalue weighted by molar-refractivity contribution is 9.10. The highest BCUT2D eigenvalue weighted by Crippen LogP contribution is 2.21. The summed E-state index contributed by atoms with van der Waals surface area (Å²) < 4.78 is 6.20. The van der Waals surface area contributed by atoms with Gasteiger partial charge in [0.05, 0.1) is 6.61 Å². The number of rotatable bonds is 7. The minimum Gasteiger partial charge on any atom is -0.380 e. The first kappa shape index (κ1) is 13.7. The second kappa shape index (κ2) is 7.81. The first-order valence-electron chi connectivity index (χ1n) is 5.34. The van der Waals surface area contributed by atoms with Gasteiger partial charge in [-0.1, -0.05) is 13.3 Å². The second-order valence-corrected chi connectivity index (χ2v) is 5.09. The van der Waals surface area contributed by atoms with E-state index in [2.05, 4.69) is 28.2 Å². The van der Waals surface area contributed by atoms with Crippen molar-refractivity contribution in [3.05, 3.63) is 20.8 Å². The van der Waals surface area contributed by atoms with Gasteiger partial charge in [-0.25, -0.2) is 0 Å². The fraction of sp³-hybridized carbons (Fsp3) is 0.545. The van der Waals surface area contributed by atoms with Gasteiger partial charge in [-0.05, 0) is 33.8 Å². The first-order valence-corrected chi connectivity index (χ1v) is 7.02. The smallest absolute Gasteiger partial charge is 0.262 e. The molecule has 0 aliphatic carbocycles. The molecular weight excluding hydrogens is 290 g/mol. The molecular formula is C11H16BrNO2S. The minimum atomic E-state index is -0.0408. The molecule has 0 aliphatic rings. The molecule has 0 fully saturated rings. The Hall–Kier alpha value is -0.390. The number of amides is 1. The average molecular weight is 306 g/mol. The number of hydrogen-bond donors (Lipinski definition) is 1. The van der Waals surface area contributed by atoms with Crippen LogP contribution in [0.5, 0.6) is 0 Å². The summed E-state index contributed by atoms with van der Waals surface area (Å²) in [6.07, 6.45) is 2.21. The normalized spacial score (nSPS) is 10.4. The van der Waals surface area contributed by atoms with Crippen molar-refractivity contribution in [3.8, 4) is 0 Å². The average Bonchev–Trinajstić information content (AvgIpc) is 2.69. The maximum absolute atomic E-state index is 11.6. The van der Waals surface area contributed by atoms with E-state index < -0.39 is 0 Å². The van der Waals surface area contributed by atoms with Crippen molar-refractivity contribution in [2.75, 3.05) is 19.8 Å². The molecule has 1 heterocycles. The van der Waals surface area contributed by atoms with E-state index in [4.69, 9.17) is 4.74 Å². The minimum absolute atomic E-state index is 0.0408. The number of nitrogens with one attached hydrogen (secondary N) is 1. The monoisotopic (exact) mass is 305 g/mol. The Balaban J connectivity index is 2.14. The zero-order valence-corrected chi connectivity index (χ0v) is 11.7. The number of carbonyl (C=O) groups is 1. The summed E-state index contributed by atoms with van der Waals surface area (Å²) in [5.74, 6) is -0.0408. The van der Waals surface area contributed by atoms with Crippen molar-refractivity contribution >= 4 is 33.2 Å². The molecule has 1 rings (SSSR count). The van der Waals surface area contributed by atoms with Gasteiger partial charge in [0.15, 0.2) is 0 Å². The third-order valence-electron chi connectivity index (χ3n) is 2.00. The quantitative estimate of drug-likeness (QED) is 0.786. The lowest BCUT2D eigenvalue weighted by Gasteiger charge is -2.05. The number of carbonyl (C=O) groups excluding carboxylic acids is 1. The summed E-state index contributed by atoms with van der Waals surface area (Å²) in [6, 6.07) is 1.87. The van der Waals surface area contributed by atoms with Crippen LogP contribution in [0.3, 0.4) is 0 Å². The molecule has 0 aliphatic heterocycles. The Morgan fingerprint density at radius 1 is 1.56 bits per heavy atom. The lowest BCUT2D eigenvalue weighted by molar-refractivity contribution is 0.0916. The molecule has 1 aromatic heterocycles. The fourth-order valence-electron chi connectivity index (χ4n) is 1.12. The molecule has 0 spiro atoms. The maximum Gasteiger partial charge on any atom is 0.262 e. The van der Waals surface area contributed by atoms with E-state index in [1.165, 1.54) is 11.3 Å². The highest BCUT2D eigenvalue weighted by atomic mass is 79.9. The van der Waals surface area contributed by atoms with Crippen molar-refractivity contribution in [1.29, 1.82) is 0 Å². The number of hydrogen-bond acceptors (Lipinski definition) is 3. The van der Waals surface area contributed by atoms with Gasteiger partial charge in [0.2, 0.25) is 0 Å². The van der Waals surface area contributed by atoms with Gasteiger partial charge in [0, 0.05) is 17.6 Å². The summed E-state index contributed by atoms with van der Waals surface area (Å²) in [7, 11) is 0. The van der Waals surface area contributed by atoms with Crippen LogP contribution in [0.15, 0.2) is 15.9 Å². The van der Waals surface area contributed by atoms with E-state index in [9.17, 15) is 4.79 Å². The molecule has 0 radical (unpaired) electrons. The topological polar surface area (TPSA) is 38.3 Å². The van der Waals surface area contributed by atoms with Crippen LogP contribution in [0.2, 0.25) is 0 Å². The van der Waals surface area contributed by atoms with Crippen LogP contribution in [-0.4, -0.2) is 25.7 Å². The van der Waals surface area contributed by atoms with Gasteiger partial charge >= 0.3 is 0 Å². The van der Waals surface area contributed by atoms with Crippen molar-refractivity contribution in [3.63, 3.8) is 0 Å². The van der Waals surface area contributed by atoms with Crippen LogP contribution in [-0.2, 0) is 4.74 Å². The zero-order chi connectivity index (χ0) is 11.8. The fourth-order valence-corrected chi connectivity index (χ4v) is 2.59. The molecule has 1 aromatic rings. The van der Waals surface area contributed by atoms with E-state index in [0.29, 0.717) is 18.0 Å². The predicted octanol–water partition coefficient (Wildman–Crippen LogP) is 3.06. The van der Waals surface area contributed by atoms with Crippen LogP contribution < -0.4 is 5.32 Å². The second-order valence-electron chi connectivity index (χ2n) is 3.32. The molecule has 0 saturated heterocycles. The standard InChI is InChI=1S/C11H16BrNO2S/c1-2-3-6-15-7-5-13-11(14)10-9(12)4-8-16-10/h4,8H,2-3,5-7H2,1H3,(H,13,14). The summed E-state index contributed by atoms with van der Waals surface area (Å²) in [6.45, 7) is 4.04. The number of thiophene rings is 1. The first-order chi connectivity index (χ1) is 7.75. The molecule has 0 saturated carbocycles. The molecule has 0 unspecified atom stereocenters. The van der Waals surface area contributed by atoms with E-state index >= 15 is 0 Å². The summed E-state index contributed by atoms with van der Waals surface area (Å²) in [5, 5.41) is 4.70. The molecule has 0 aromatic carbocycles. The molecule has 90 valence electrons. The summed E-state index contributed by atoms with van der Waals surface area (Å²) in [4.78, 5) is 12.3. The molecule has 16 heavy (non-hydrogen) atoms. The van der Waals surface area contributed by atoms with Crippen molar-refractivity contribution in [2.24, 2.45) is 0 Å².